The van der Waals surface area contributed by atoms with Gasteiger partial charge in [-0.1, -0.05) is 84.6 Å². The molecule has 1 saturated heterocycles. The zero-order valence-electron chi connectivity index (χ0n) is 36.4. The predicted octanol–water partition coefficient (Wildman–Crippen LogP) is 5.32. The zero-order chi connectivity index (χ0) is 46.2. The number of β-lactam (4-membered cyclic amide) rings is 1. The van der Waals surface area contributed by atoms with E-state index < -0.39 is 77.3 Å². The summed E-state index contributed by atoms with van der Waals surface area (Å²) >= 11 is 2.75. The van der Waals surface area contributed by atoms with Gasteiger partial charge in [0.25, 0.3) is 5.91 Å². The van der Waals surface area contributed by atoms with Gasteiger partial charge < -0.3 is 29.6 Å². The summed E-state index contributed by atoms with van der Waals surface area (Å²) in [5.74, 6) is -1.69. The molecule has 2 aliphatic rings. The van der Waals surface area contributed by atoms with Crippen molar-refractivity contribution < 1.29 is 47.7 Å². The number of aryl methyl sites for hydroxylation is 1. The lowest BCUT2D eigenvalue weighted by atomic mass is 10.0. The highest BCUT2D eigenvalue weighted by molar-refractivity contribution is 8.01. The molecule has 4 aromatic rings. The molecule has 18 nitrogen and oxygen atoms in total. The number of hydrogen-bond acceptors (Lipinski definition) is 15. The van der Waals surface area contributed by atoms with Crippen molar-refractivity contribution >= 4 is 65.2 Å². The monoisotopic (exact) mass is 914 g/mol. The van der Waals surface area contributed by atoms with Crippen LogP contribution in [0.3, 0.4) is 0 Å². The van der Waals surface area contributed by atoms with Gasteiger partial charge >= 0.3 is 24.1 Å². The maximum atomic E-state index is 14.3. The smallest absolute Gasteiger partial charge is 0.411 e. The number of benzene rings is 3. The molecule has 0 saturated carbocycles. The van der Waals surface area contributed by atoms with Gasteiger partial charge in [-0.25, -0.2) is 23.9 Å². The molecule has 2 aliphatic heterocycles. The van der Waals surface area contributed by atoms with Crippen LogP contribution in [0.25, 0.3) is 0 Å². The lowest BCUT2D eigenvalue weighted by molar-refractivity contribution is -0.158. The quantitative estimate of drug-likeness (QED) is 0.0595. The summed E-state index contributed by atoms with van der Waals surface area (Å²) in [6, 6.07) is 22.8. The maximum Gasteiger partial charge on any atom is 0.411 e. The summed E-state index contributed by atoms with van der Waals surface area (Å²) in [7, 11) is 1.71. The first-order chi connectivity index (χ1) is 30.3. The number of nitrogens with zero attached hydrogens (tertiary/aromatic N) is 5. The average molecular weight is 915 g/mol. The first kappa shape index (κ1) is 47.1. The predicted molar refractivity (Wildman–Crippen MR) is 237 cm³/mol. The number of amides is 4. The van der Waals surface area contributed by atoms with E-state index >= 15 is 0 Å². The zero-order valence-corrected chi connectivity index (χ0v) is 38.0. The third-order valence-electron chi connectivity index (χ3n) is 9.27. The molecule has 64 heavy (non-hydrogen) atoms. The van der Waals surface area contributed by atoms with Crippen LogP contribution in [0, 0.1) is 0 Å². The highest BCUT2D eigenvalue weighted by atomic mass is 32.2. The number of fused-ring (bicyclic) bond motifs is 1. The lowest BCUT2D eigenvalue weighted by Gasteiger charge is -2.49. The molecule has 3 N–H and O–H groups in total. The van der Waals surface area contributed by atoms with Crippen LogP contribution >= 0.6 is 23.5 Å². The van der Waals surface area contributed by atoms with Crippen molar-refractivity contribution in [2.45, 2.75) is 87.9 Å². The van der Waals surface area contributed by atoms with Gasteiger partial charge in [0, 0.05) is 24.2 Å². The Kier molecular flexibility index (Phi) is 15.0. The number of aromatic nitrogens is 4. The summed E-state index contributed by atoms with van der Waals surface area (Å²) in [6.45, 7) is 9.42. The second-order valence-electron chi connectivity index (χ2n) is 16.7. The van der Waals surface area contributed by atoms with Gasteiger partial charge in [0.1, 0.15) is 34.9 Å². The van der Waals surface area contributed by atoms with E-state index in [4.69, 9.17) is 18.9 Å². The summed E-state index contributed by atoms with van der Waals surface area (Å²) in [5, 5.41) is 19.3. The largest absolute Gasteiger partial charge is 0.458 e. The van der Waals surface area contributed by atoms with Crippen LogP contribution in [0.15, 0.2) is 101 Å². The second-order valence-corrected chi connectivity index (χ2v) is 18.8. The molecule has 3 heterocycles. The minimum atomic E-state index is -1.35. The summed E-state index contributed by atoms with van der Waals surface area (Å²) in [6.07, 6.45) is -2.65. The van der Waals surface area contributed by atoms with E-state index in [9.17, 15) is 28.8 Å². The molecule has 1 fully saturated rings. The van der Waals surface area contributed by atoms with Crippen LogP contribution in [0.5, 0.6) is 0 Å². The number of alkyl carbamates (subject to hydrolysis) is 1. The molecule has 3 aromatic carbocycles. The Morgan fingerprint density at radius 3 is 2.06 bits per heavy atom. The van der Waals surface area contributed by atoms with Crippen molar-refractivity contribution in [3.05, 3.63) is 113 Å². The summed E-state index contributed by atoms with van der Waals surface area (Å²) in [5.41, 5.74) is 1.49. The standard InChI is InChI=1S/C44H50N8O10S2/c1-43(2,3)61-38(55)31(46-42(58)62-44(4,5)6)23-59-41(57)45-30-20-18-26(19-21-30)22-32(53)47-33-36(54)52-34(29(24-63-37(33)52)25-64-40-48-49-50-51(40)7)39(56)60-35(27-14-10-8-11-15-27)28-16-12-9-13-17-28/h8-21,31,33,35,37H,22-25H2,1-7H3,(H,45,57)(H,46,58)(H,47,53)/t31-,33-,37+/m1/s1. The molecule has 6 rings (SSSR count). The molecule has 0 unspecified atom stereocenters. The normalized spacial score (nSPS) is 16.5. The molecule has 338 valence electrons. The van der Waals surface area contributed by atoms with Crippen LogP contribution in [-0.2, 0) is 51.6 Å². The third kappa shape index (κ3) is 12.6. The van der Waals surface area contributed by atoms with Crippen molar-refractivity contribution in [3.63, 3.8) is 0 Å². The molecule has 0 bridgehead atoms. The van der Waals surface area contributed by atoms with Gasteiger partial charge in [-0.3, -0.25) is 19.8 Å². The van der Waals surface area contributed by atoms with E-state index in [0.29, 0.717) is 33.5 Å². The van der Waals surface area contributed by atoms with Gasteiger partial charge in [-0.05, 0) is 86.4 Å². The number of thioether (sulfide) groups is 2. The Balaban J connectivity index is 1.08. The highest BCUT2D eigenvalue weighted by Gasteiger charge is 2.54. The summed E-state index contributed by atoms with van der Waals surface area (Å²) < 4.78 is 23.6. The number of esters is 2. The maximum absolute atomic E-state index is 14.3. The Hall–Kier alpha value is -6.41. The van der Waals surface area contributed by atoms with Gasteiger partial charge in [0.05, 0.1) is 6.42 Å². The van der Waals surface area contributed by atoms with Crippen molar-refractivity contribution in [3.8, 4) is 0 Å². The molecular weight excluding hydrogens is 865 g/mol. The van der Waals surface area contributed by atoms with Crippen LogP contribution < -0.4 is 16.0 Å². The molecule has 0 spiro atoms. The topological polar surface area (TPSA) is 222 Å². The Morgan fingerprint density at radius 1 is 0.859 bits per heavy atom. The number of nitrogens with one attached hydrogen (secondary N) is 3. The number of carbonyl (C=O) groups excluding carboxylic acids is 6. The van der Waals surface area contributed by atoms with Crippen LogP contribution in [0.2, 0.25) is 0 Å². The van der Waals surface area contributed by atoms with Crippen molar-refractivity contribution in [2.75, 3.05) is 23.4 Å². The number of ether oxygens (including phenoxy) is 4. The molecule has 20 heteroatoms. The Labute approximate surface area is 378 Å². The number of carbonyl (C=O) groups is 6. The van der Waals surface area contributed by atoms with Crippen LogP contribution in [0.4, 0.5) is 15.3 Å². The third-order valence-corrected chi connectivity index (χ3v) is 11.7. The minimum absolute atomic E-state index is 0.0893. The Bertz CT molecular complexity index is 2330. The molecule has 3 atom stereocenters. The number of rotatable bonds is 15. The Morgan fingerprint density at radius 2 is 1.48 bits per heavy atom. The van der Waals surface area contributed by atoms with Crippen molar-refractivity contribution in [2.24, 2.45) is 7.05 Å². The number of anilines is 1. The first-order valence-electron chi connectivity index (χ1n) is 20.2. The van der Waals surface area contributed by atoms with E-state index in [0.717, 1.165) is 11.1 Å². The van der Waals surface area contributed by atoms with Crippen LogP contribution in [-0.4, -0.2) is 108 Å². The molecule has 0 radical (unpaired) electrons. The number of tetrazole rings is 1. The van der Waals surface area contributed by atoms with Gasteiger partial charge in [-0.2, -0.15) is 0 Å². The molecule has 4 amide bonds. The summed E-state index contributed by atoms with van der Waals surface area (Å²) in [4.78, 5) is 80.9. The fourth-order valence-corrected chi connectivity index (χ4v) is 8.78. The fraction of sp³-hybridized carbons (Fsp3) is 0.386. The second kappa shape index (κ2) is 20.4. The van der Waals surface area contributed by atoms with Crippen molar-refractivity contribution in [1.82, 2.24) is 35.7 Å². The highest BCUT2D eigenvalue weighted by Crippen LogP contribution is 2.43. The van der Waals surface area contributed by atoms with E-state index in [1.807, 2.05) is 60.7 Å². The van der Waals surface area contributed by atoms with Crippen molar-refractivity contribution in [1.29, 1.82) is 0 Å². The van der Waals surface area contributed by atoms with E-state index in [2.05, 4.69) is 31.5 Å². The fourth-order valence-electron chi connectivity index (χ4n) is 6.45. The molecular formula is C44H50N8O10S2. The number of hydrogen-bond donors (Lipinski definition) is 3. The van der Waals surface area contributed by atoms with Crippen LogP contribution in [0.1, 0.15) is 64.3 Å². The average Bonchev–Trinajstić information content (AvgIpc) is 3.66. The minimum Gasteiger partial charge on any atom is -0.458 e. The molecule has 1 aromatic heterocycles. The van der Waals surface area contributed by atoms with E-state index in [1.165, 1.54) is 33.1 Å². The van der Waals surface area contributed by atoms with Gasteiger partial charge in [-0.15, -0.1) is 16.9 Å². The van der Waals surface area contributed by atoms with Gasteiger partial charge in [0.15, 0.2) is 12.1 Å². The lowest BCUT2D eigenvalue weighted by Crippen LogP contribution is -2.70. The molecule has 0 aliphatic carbocycles. The first-order valence-corrected chi connectivity index (χ1v) is 22.3. The van der Waals surface area contributed by atoms with E-state index in [-0.39, 0.29) is 12.1 Å². The van der Waals surface area contributed by atoms with E-state index in [1.54, 1.807) is 72.9 Å². The SMILES string of the molecule is Cn1nnnc1SCC1=C(C(=O)OC(c2ccccc2)c2ccccc2)N2C(=O)[C@@H](NC(=O)Cc3ccc(NC(=O)OC[C@@H](NC(=O)OC(C)(C)C)C(=O)OC(C)(C)C)cc3)[C@@H]2SC1. The van der Waals surface area contributed by atoms with Gasteiger partial charge in [0.2, 0.25) is 11.1 Å².